The highest BCUT2D eigenvalue weighted by molar-refractivity contribution is 9.10. The minimum atomic E-state index is 0.0922. The maximum absolute atomic E-state index is 13.3. The van der Waals surface area contributed by atoms with Gasteiger partial charge in [-0.2, -0.15) is 4.98 Å². The molecule has 1 amide bonds. The third kappa shape index (κ3) is 4.98. The predicted octanol–water partition coefficient (Wildman–Crippen LogP) is 5.83. The van der Waals surface area contributed by atoms with Gasteiger partial charge in [0.25, 0.3) is 5.91 Å². The molecule has 5 nitrogen and oxygen atoms in total. The molecule has 0 aliphatic heterocycles. The fourth-order valence-corrected chi connectivity index (χ4v) is 4.26. The van der Waals surface area contributed by atoms with Gasteiger partial charge in [0.05, 0.1) is 0 Å². The molecule has 0 saturated heterocycles. The van der Waals surface area contributed by atoms with Crippen LogP contribution >= 0.6 is 15.9 Å². The van der Waals surface area contributed by atoms with Crippen LogP contribution in [0.15, 0.2) is 57.5 Å². The molecule has 1 aliphatic carbocycles. The summed E-state index contributed by atoms with van der Waals surface area (Å²) in [5.41, 5.74) is 2.81. The maximum atomic E-state index is 13.3. The van der Waals surface area contributed by atoms with E-state index in [1.807, 2.05) is 60.4 Å². The van der Waals surface area contributed by atoms with Crippen LogP contribution < -0.4 is 0 Å². The number of rotatable bonds is 6. The minimum Gasteiger partial charge on any atom is -0.339 e. The number of benzene rings is 2. The highest BCUT2D eigenvalue weighted by Gasteiger charge is 2.26. The van der Waals surface area contributed by atoms with Crippen LogP contribution in [0.3, 0.4) is 0 Å². The summed E-state index contributed by atoms with van der Waals surface area (Å²) in [7, 11) is 0. The van der Waals surface area contributed by atoms with Crippen molar-refractivity contribution in [2.75, 3.05) is 6.54 Å². The van der Waals surface area contributed by atoms with E-state index in [2.05, 4.69) is 26.1 Å². The molecule has 0 unspecified atom stereocenters. The van der Waals surface area contributed by atoms with E-state index >= 15 is 0 Å². The summed E-state index contributed by atoms with van der Waals surface area (Å²) in [4.78, 5) is 19.9. The van der Waals surface area contributed by atoms with Gasteiger partial charge in [-0.25, -0.2) is 0 Å². The van der Waals surface area contributed by atoms with Crippen LogP contribution in [-0.2, 0) is 6.42 Å². The fraction of sp³-hybridized carbons (Fsp3) is 0.375. The zero-order valence-corrected chi connectivity index (χ0v) is 18.8. The summed E-state index contributed by atoms with van der Waals surface area (Å²) in [6.45, 7) is 2.62. The molecule has 30 heavy (non-hydrogen) atoms. The molecule has 3 aromatic rings. The average Bonchev–Trinajstić information content (AvgIpc) is 3.24. The van der Waals surface area contributed by atoms with Crippen molar-refractivity contribution in [3.8, 4) is 11.4 Å². The fourth-order valence-electron chi connectivity index (χ4n) is 3.99. The van der Waals surface area contributed by atoms with Crippen LogP contribution in [0.1, 0.15) is 53.9 Å². The second-order valence-corrected chi connectivity index (χ2v) is 8.84. The standard InChI is InChI=1S/C24H26BrN3O2/c1-17-7-9-19(10-8-17)24(29)28(21-5-3-2-4-6-21)16-15-22-26-23(27-30-22)18-11-13-20(25)14-12-18/h7-14,21H,2-6,15-16H2,1H3. The largest absolute Gasteiger partial charge is 0.339 e. The average molecular weight is 468 g/mol. The smallest absolute Gasteiger partial charge is 0.254 e. The quantitative estimate of drug-likeness (QED) is 0.457. The summed E-state index contributed by atoms with van der Waals surface area (Å²) in [6.07, 6.45) is 6.28. The maximum Gasteiger partial charge on any atom is 0.254 e. The Balaban J connectivity index is 1.48. The number of amides is 1. The monoisotopic (exact) mass is 467 g/mol. The predicted molar refractivity (Wildman–Crippen MR) is 120 cm³/mol. The van der Waals surface area contributed by atoms with E-state index < -0.39 is 0 Å². The van der Waals surface area contributed by atoms with E-state index in [-0.39, 0.29) is 11.9 Å². The van der Waals surface area contributed by atoms with Crippen molar-refractivity contribution in [1.82, 2.24) is 15.0 Å². The van der Waals surface area contributed by atoms with Gasteiger partial charge in [-0.05, 0) is 56.2 Å². The van der Waals surface area contributed by atoms with Crippen molar-refractivity contribution in [2.24, 2.45) is 0 Å². The van der Waals surface area contributed by atoms with E-state index in [0.29, 0.717) is 24.7 Å². The first kappa shape index (κ1) is 20.8. The highest BCUT2D eigenvalue weighted by atomic mass is 79.9. The molecule has 0 N–H and O–H groups in total. The van der Waals surface area contributed by atoms with E-state index in [1.165, 1.54) is 19.3 Å². The van der Waals surface area contributed by atoms with Crippen LogP contribution in [0, 0.1) is 6.92 Å². The summed E-state index contributed by atoms with van der Waals surface area (Å²) < 4.78 is 6.48. The first-order valence-corrected chi connectivity index (χ1v) is 11.4. The van der Waals surface area contributed by atoms with Gasteiger partial charge in [0.1, 0.15) is 0 Å². The lowest BCUT2D eigenvalue weighted by molar-refractivity contribution is 0.0632. The molecule has 1 fully saturated rings. The molecular weight excluding hydrogens is 442 g/mol. The van der Waals surface area contributed by atoms with Gasteiger partial charge in [0.15, 0.2) is 0 Å². The molecule has 2 aromatic carbocycles. The number of hydrogen-bond donors (Lipinski definition) is 0. The van der Waals surface area contributed by atoms with Gasteiger partial charge in [-0.3, -0.25) is 4.79 Å². The lowest BCUT2D eigenvalue weighted by Crippen LogP contribution is -2.42. The highest BCUT2D eigenvalue weighted by Crippen LogP contribution is 2.25. The second kappa shape index (κ2) is 9.56. The Kier molecular flexibility index (Phi) is 6.62. The molecule has 0 bridgehead atoms. The van der Waals surface area contributed by atoms with Crippen LogP contribution in [0.5, 0.6) is 0 Å². The molecule has 1 saturated carbocycles. The van der Waals surface area contributed by atoms with Gasteiger partial charge >= 0.3 is 0 Å². The van der Waals surface area contributed by atoms with Gasteiger partial charge < -0.3 is 9.42 Å². The molecule has 6 heteroatoms. The second-order valence-electron chi connectivity index (χ2n) is 7.93. The Morgan fingerprint density at radius 1 is 1.07 bits per heavy atom. The van der Waals surface area contributed by atoms with Crippen LogP contribution in [0.2, 0.25) is 0 Å². The van der Waals surface area contributed by atoms with Crippen LogP contribution in [0.4, 0.5) is 0 Å². The van der Waals surface area contributed by atoms with E-state index in [4.69, 9.17) is 4.52 Å². The van der Waals surface area contributed by atoms with Crippen molar-refractivity contribution in [1.29, 1.82) is 0 Å². The third-order valence-corrected chi connectivity index (χ3v) is 6.24. The van der Waals surface area contributed by atoms with Gasteiger partial charge in [-0.15, -0.1) is 0 Å². The SMILES string of the molecule is Cc1ccc(C(=O)N(CCc2nc(-c3ccc(Br)cc3)no2)C2CCCCC2)cc1. The molecule has 156 valence electrons. The molecule has 0 spiro atoms. The first-order chi connectivity index (χ1) is 14.6. The zero-order chi connectivity index (χ0) is 20.9. The van der Waals surface area contributed by atoms with E-state index in [9.17, 15) is 4.79 Å². The Morgan fingerprint density at radius 3 is 2.47 bits per heavy atom. The first-order valence-electron chi connectivity index (χ1n) is 10.6. The summed E-state index contributed by atoms with van der Waals surface area (Å²) in [5.74, 6) is 1.23. The lowest BCUT2D eigenvalue weighted by atomic mass is 9.93. The van der Waals surface area contributed by atoms with Crippen molar-refractivity contribution >= 4 is 21.8 Å². The van der Waals surface area contributed by atoms with E-state index in [1.54, 1.807) is 0 Å². The normalized spacial score (nSPS) is 14.6. The molecule has 0 atom stereocenters. The molecule has 1 aromatic heterocycles. The Labute approximate surface area is 185 Å². The lowest BCUT2D eigenvalue weighted by Gasteiger charge is -2.34. The number of carbonyl (C=O) groups excluding carboxylic acids is 1. The van der Waals surface area contributed by atoms with Gasteiger partial charge in [0.2, 0.25) is 11.7 Å². The minimum absolute atomic E-state index is 0.0922. The number of halogens is 1. The van der Waals surface area contributed by atoms with Crippen molar-refractivity contribution in [2.45, 2.75) is 51.5 Å². The Morgan fingerprint density at radius 2 is 1.77 bits per heavy atom. The molecule has 1 aliphatic rings. The molecular formula is C24H26BrN3O2. The Bertz CT molecular complexity index is 976. The van der Waals surface area contributed by atoms with Crippen molar-refractivity contribution in [3.05, 3.63) is 70.0 Å². The summed E-state index contributed by atoms with van der Waals surface area (Å²) in [5, 5.41) is 4.11. The van der Waals surface area contributed by atoms with E-state index in [0.717, 1.165) is 34.0 Å². The number of nitrogens with zero attached hydrogens (tertiary/aromatic N) is 3. The van der Waals surface area contributed by atoms with Crippen molar-refractivity contribution < 1.29 is 9.32 Å². The van der Waals surface area contributed by atoms with Crippen LogP contribution in [0.25, 0.3) is 11.4 Å². The number of aryl methyl sites for hydroxylation is 1. The van der Waals surface area contributed by atoms with Gasteiger partial charge in [-0.1, -0.05) is 58.0 Å². The zero-order valence-electron chi connectivity index (χ0n) is 17.2. The van der Waals surface area contributed by atoms with Gasteiger partial charge in [0, 0.05) is 34.6 Å². The topological polar surface area (TPSA) is 59.2 Å². The molecule has 1 heterocycles. The Hall–Kier alpha value is -2.47. The number of aromatic nitrogens is 2. The summed E-state index contributed by atoms with van der Waals surface area (Å²) in [6, 6.07) is 15.9. The molecule has 0 radical (unpaired) electrons. The number of carbonyl (C=O) groups is 1. The summed E-state index contributed by atoms with van der Waals surface area (Å²) >= 11 is 3.44. The number of hydrogen-bond acceptors (Lipinski definition) is 4. The molecule has 4 rings (SSSR count). The van der Waals surface area contributed by atoms with Crippen molar-refractivity contribution in [3.63, 3.8) is 0 Å². The van der Waals surface area contributed by atoms with Crippen LogP contribution in [-0.4, -0.2) is 33.5 Å². The third-order valence-electron chi connectivity index (χ3n) is 5.71.